The molecule has 0 unspecified atom stereocenters. The van der Waals surface area contributed by atoms with Crippen LogP contribution in [0.3, 0.4) is 0 Å². The fraction of sp³-hybridized carbons (Fsp3) is 1.00. The molecule has 0 saturated heterocycles. The molecule has 0 aliphatic heterocycles. The van der Waals surface area contributed by atoms with E-state index in [0.717, 1.165) is 6.42 Å². The Bertz CT molecular complexity index is 95.1. The summed E-state index contributed by atoms with van der Waals surface area (Å²) in [5, 5.41) is 9.33. The van der Waals surface area contributed by atoms with Gasteiger partial charge in [-0.3, -0.25) is 0 Å². The lowest BCUT2D eigenvalue weighted by Gasteiger charge is -2.14. The summed E-state index contributed by atoms with van der Waals surface area (Å²) < 4.78 is 0. The minimum atomic E-state index is -0.0417. The zero-order valence-corrected chi connectivity index (χ0v) is 6.52. The standard InChI is InChI=1S/C8H16O/c1-6-4-8(2,3)5-7(6)9/h6-7,9H,4-5H2,1-3H3/t6-,7-/m1/s1. The smallest absolute Gasteiger partial charge is 0.0571 e. The SMILES string of the molecule is C[C@@H]1CC(C)(C)C[C@H]1O. The summed E-state index contributed by atoms with van der Waals surface area (Å²) >= 11 is 0. The Kier molecular flexibility index (Phi) is 1.55. The maximum Gasteiger partial charge on any atom is 0.0571 e. The summed E-state index contributed by atoms with van der Waals surface area (Å²) in [6, 6.07) is 0. The van der Waals surface area contributed by atoms with Crippen molar-refractivity contribution in [2.45, 2.75) is 39.7 Å². The highest BCUT2D eigenvalue weighted by Crippen LogP contribution is 2.40. The van der Waals surface area contributed by atoms with E-state index in [2.05, 4.69) is 20.8 Å². The van der Waals surface area contributed by atoms with Gasteiger partial charge in [0.25, 0.3) is 0 Å². The van der Waals surface area contributed by atoms with Gasteiger partial charge in [-0.05, 0) is 24.2 Å². The maximum atomic E-state index is 9.33. The monoisotopic (exact) mass is 128 g/mol. The second-order valence-electron chi connectivity index (χ2n) is 4.12. The Balaban J connectivity index is 2.54. The number of aliphatic hydroxyl groups is 1. The van der Waals surface area contributed by atoms with Crippen molar-refractivity contribution in [3.05, 3.63) is 0 Å². The molecule has 0 aromatic rings. The largest absolute Gasteiger partial charge is 0.393 e. The second kappa shape index (κ2) is 1.98. The lowest BCUT2D eigenvalue weighted by atomic mass is 9.91. The number of hydrogen-bond acceptors (Lipinski definition) is 1. The molecule has 0 spiro atoms. The fourth-order valence-electron chi connectivity index (χ4n) is 1.86. The molecule has 1 saturated carbocycles. The number of rotatable bonds is 0. The van der Waals surface area contributed by atoms with Crippen molar-refractivity contribution in [1.82, 2.24) is 0 Å². The average molecular weight is 128 g/mol. The molecule has 1 heteroatoms. The number of aliphatic hydroxyl groups excluding tert-OH is 1. The third kappa shape index (κ3) is 1.45. The molecule has 9 heavy (non-hydrogen) atoms. The topological polar surface area (TPSA) is 20.2 Å². The lowest BCUT2D eigenvalue weighted by molar-refractivity contribution is 0.135. The first-order valence-corrected chi connectivity index (χ1v) is 3.69. The van der Waals surface area contributed by atoms with Crippen molar-refractivity contribution in [3.63, 3.8) is 0 Å². The van der Waals surface area contributed by atoms with Crippen molar-refractivity contribution in [1.29, 1.82) is 0 Å². The first kappa shape index (κ1) is 7.07. The molecule has 1 aliphatic carbocycles. The van der Waals surface area contributed by atoms with Crippen LogP contribution in [0.2, 0.25) is 0 Å². The molecular formula is C8H16O. The maximum absolute atomic E-state index is 9.33. The first-order chi connectivity index (χ1) is 4.01. The Hall–Kier alpha value is -0.0400. The molecule has 0 radical (unpaired) electrons. The summed E-state index contributed by atoms with van der Waals surface area (Å²) in [7, 11) is 0. The Morgan fingerprint density at radius 2 is 1.89 bits per heavy atom. The van der Waals surface area contributed by atoms with Crippen molar-refractivity contribution < 1.29 is 5.11 Å². The molecular weight excluding hydrogens is 112 g/mol. The van der Waals surface area contributed by atoms with Crippen LogP contribution in [0.25, 0.3) is 0 Å². The highest BCUT2D eigenvalue weighted by atomic mass is 16.3. The van der Waals surface area contributed by atoms with Crippen LogP contribution in [0.5, 0.6) is 0 Å². The zero-order valence-electron chi connectivity index (χ0n) is 6.52. The van der Waals surface area contributed by atoms with E-state index in [1.54, 1.807) is 0 Å². The van der Waals surface area contributed by atoms with E-state index in [1.807, 2.05) is 0 Å². The van der Waals surface area contributed by atoms with Gasteiger partial charge < -0.3 is 5.11 Å². The van der Waals surface area contributed by atoms with Gasteiger partial charge in [-0.2, -0.15) is 0 Å². The van der Waals surface area contributed by atoms with Crippen LogP contribution in [0.4, 0.5) is 0 Å². The van der Waals surface area contributed by atoms with E-state index in [4.69, 9.17) is 0 Å². The third-order valence-electron chi connectivity index (χ3n) is 2.29. The van der Waals surface area contributed by atoms with E-state index in [1.165, 1.54) is 6.42 Å². The van der Waals surface area contributed by atoms with Crippen LogP contribution in [-0.2, 0) is 0 Å². The second-order valence-corrected chi connectivity index (χ2v) is 4.12. The quantitative estimate of drug-likeness (QED) is 0.527. The van der Waals surface area contributed by atoms with Crippen molar-refractivity contribution in [2.24, 2.45) is 11.3 Å². The predicted molar refractivity (Wildman–Crippen MR) is 38.2 cm³/mol. The van der Waals surface area contributed by atoms with Gasteiger partial charge in [-0.1, -0.05) is 20.8 Å². The Morgan fingerprint density at radius 1 is 1.33 bits per heavy atom. The van der Waals surface area contributed by atoms with Crippen LogP contribution < -0.4 is 0 Å². The fourth-order valence-corrected chi connectivity index (χ4v) is 1.86. The number of hydrogen-bond donors (Lipinski definition) is 1. The third-order valence-corrected chi connectivity index (χ3v) is 2.29. The van der Waals surface area contributed by atoms with Gasteiger partial charge in [0.2, 0.25) is 0 Å². The molecule has 1 nitrogen and oxygen atoms in total. The molecule has 54 valence electrons. The van der Waals surface area contributed by atoms with Crippen molar-refractivity contribution >= 4 is 0 Å². The van der Waals surface area contributed by atoms with E-state index in [-0.39, 0.29) is 6.10 Å². The molecule has 2 atom stereocenters. The molecule has 1 aliphatic rings. The molecule has 0 aromatic heterocycles. The molecule has 0 aromatic carbocycles. The van der Waals surface area contributed by atoms with Crippen LogP contribution >= 0.6 is 0 Å². The van der Waals surface area contributed by atoms with Gasteiger partial charge in [-0.15, -0.1) is 0 Å². The summed E-state index contributed by atoms with van der Waals surface area (Å²) in [5.41, 5.74) is 0.388. The summed E-state index contributed by atoms with van der Waals surface area (Å²) in [6.45, 7) is 6.57. The van der Waals surface area contributed by atoms with E-state index in [0.29, 0.717) is 11.3 Å². The van der Waals surface area contributed by atoms with Gasteiger partial charge >= 0.3 is 0 Å². The highest BCUT2D eigenvalue weighted by molar-refractivity contribution is 4.86. The van der Waals surface area contributed by atoms with Crippen LogP contribution in [0.1, 0.15) is 33.6 Å². The lowest BCUT2D eigenvalue weighted by Crippen LogP contribution is -2.09. The van der Waals surface area contributed by atoms with Gasteiger partial charge in [0, 0.05) is 0 Å². The Morgan fingerprint density at radius 3 is 2.00 bits per heavy atom. The molecule has 1 rings (SSSR count). The minimum absolute atomic E-state index is 0.0417. The van der Waals surface area contributed by atoms with Gasteiger partial charge in [0.05, 0.1) is 6.10 Å². The van der Waals surface area contributed by atoms with Crippen molar-refractivity contribution in [2.75, 3.05) is 0 Å². The van der Waals surface area contributed by atoms with E-state index < -0.39 is 0 Å². The summed E-state index contributed by atoms with van der Waals surface area (Å²) in [4.78, 5) is 0. The van der Waals surface area contributed by atoms with Crippen LogP contribution in [-0.4, -0.2) is 11.2 Å². The molecule has 1 fully saturated rings. The highest BCUT2D eigenvalue weighted by Gasteiger charge is 2.35. The van der Waals surface area contributed by atoms with Gasteiger partial charge in [0.1, 0.15) is 0 Å². The van der Waals surface area contributed by atoms with Crippen molar-refractivity contribution in [3.8, 4) is 0 Å². The molecule has 0 bridgehead atoms. The molecule has 1 N–H and O–H groups in total. The normalized spacial score (nSPS) is 41.3. The van der Waals surface area contributed by atoms with E-state index in [9.17, 15) is 5.11 Å². The van der Waals surface area contributed by atoms with Crippen LogP contribution in [0, 0.1) is 11.3 Å². The minimum Gasteiger partial charge on any atom is -0.393 e. The zero-order chi connectivity index (χ0) is 7.07. The van der Waals surface area contributed by atoms with E-state index >= 15 is 0 Å². The molecule has 0 amide bonds. The predicted octanol–water partition coefficient (Wildman–Crippen LogP) is 1.80. The Labute approximate surface area is 57.1 Å². The van der Waals surface area contributed by atoms with Gasteiger partial charge in [0.15, 0.2) is 0 Å². The van der Waals surface area contributed by atoms with Gasteiger partial charge in [-0.25, -0.2) is 0 Å². The first-order valence-electron chi connectivity index (χ1n) is 3.69. The molecule has 0 heterocycles. The summed E-state index contributed by atoms with van der Waals surface area (Å²) in [5.74, 6) is 0.514. The average Bonchev–Trinajstić information content (AvgIpc) is 1.79. The summed E-state index contributed by atoms with van der Waals surface area (Å²) in [6.07, 6.45) is 2.11. The van der Waals surface area contributed by atoms with Crippen LogP contribution in [0.15, 0.2) is 0 Å².